The lowest BCUT2D eigenvalue weighted by Gasteiger charge is -2.38. The van der Waals surface area contributed by atoms with E-state index in [0.717, 1.165) is 13.1 Å². The first-order chi connectivity index (χ1) is 10.4. The molecule has 2 rings (SSSR count). The van der Waals surface area contributed by atoms with Crippen molar-refractivity contribution in [2.45, 2.75) is 39.0 Å². The number of benzene rings is 1. The highest BCUT2D eigenvalue weighted by Crippen LogP contribution is 2.21. The Labute approximate surface area is 135 Å². The number of nitriles is 1. The van der Waals surface area contributed by atoms with Gasteiger partial charge in [-0.05, 0) is 39.0 Å². The van der Waals surface area contributed by atoms with Crippen molar-refractivity contribution in [3.63, 3.8) is 0 Å². The van der Waals surface area contributed by atoms with Crippen molar-refractivity contribution in [3.8, 4) is 6.07 Å². The Morgan fingerprint density at radius 2 is 2.09 bits per heavy atom. The van der Waals surface area contributed by atoms with E-state index in [1.807, 2.05) is 26.8 Å². The van der Waals surface area contributed by atoms with E-state index < -0.39 is 0 Å². The quantitative estimate of drug-likeness (QED) is 0.929. The van der Waals surface area contributed by atoms with Crippen LogP contribution in [-0.2, 0) is 9.53 Å². The minimum Gasteiger partial charge on any atom is -0.373 e. The first-order valence-electron chi connectivity index (χ1n) is 7.30. The Balaban J connectivity index is 2.02. The number of amides is 1. The molecule has 22 heavy (non-hydrogen) atoms. The van der Waals surface area contributed by atoms with Crippen LogP contribution in [-0.4, -0.2) is 42.1 Å². The summed E-state index contributed by atoms with van der Waals surface area (Å²) in [5.74, 6) is -0.0953. The van der Waals surface area contributed by atoms with Gasteiger partial charge in [0.15, 0.2) is 0 Å². The zero-order valence-corrected chi connectivity index (χ0v) is 13.7. The molecule has 3 atom stereocenters. The molecule has 0 aliphatic carbocycles. The molecule has 1 fully saturated rings. The van der Waals surface area contributed by atoms with Crippen molar-refractivity contribution in [2.75, 3.05) is 18.4 Å². The molecule has 1 heterocycles. The zero-order valence-electron chi connectivity index (χ0n) is 13.0. The number of morpholine rings is 1. The Hall–Kier alpha value is -1.61. The van der Waals surface area contributed by atoms with Gasteiger partial charge in [-0.3, -0.25) is 9.69 Å². The lowest BCUT2D eigenvalue weighted by molar-refractivity contribution is -0.126. The number of ether oxygens (including phenoxy) is 1. The zero-order chi connectivity index (χ0) is 16.3. The van der Waals surface area contributed by atoms with Gasteiger partial charge in [-0.1, -0.05) is 11.6 Å². The summed E-state index contributed by atoms with van der Waals surface area (Å²) in [7, 11) is 0. The highest BCUT2D eigenvalue weighted by atomic mass is 35.5. The largest absolute Gasteiger partial charge is 0.373 e. The van der Waals surface area contributed by atoms with Crippen LogP contribution < -0.4 is 5.32 Å². The van der Waals surface area contributed by atoms with Gasteiger partial charge in [0.2, 0.25) is 5.91 Å². The number of nitrogens with one attached hydrogen (secondary N) is 1. The third-order valence-electron chi connectivity index (χ3n) is 3.73. The summed E-state index contributed by atoms with van der Waals surface area (Å²) in [5.41, 5.74) is 0.985. The molecule has 5 nitrogen and oxygen atoms in total. The van der Waals surface area contributed by atoms with E-state index in [4.69, 9.17) is 21.6 Å². The van der Waals surface area contributed by atoms with E-state index in [-0.39, 0.29) is 24.2 Å². The molecule has 6 heteroatoms. The van der Waals surface area contributed by atoms with Crippen molar-refractivity contribution < 1.29 is 9.53 Å². The van der Waals surface area contributed by atoms with Crippen LogP contribution in [0, 0.1) is 11.3 Å². The van der Waals surface area contributed by atoms with Crippen molar-refractivity contribution >= 4 is 23.2 Å². The molecule has 1 aromatic carbocycles. The summed E-state index contributed by atoms with van der Waals surface area (Å²) in [5, 5.41) is 12.0. The van der Waals surface area contributed by atoms with Crippen LogP contribution >= 0.6 is 11.6 Å². The third-order valence-corrected chi connectivity index (χ3v) is 4.04. The minimum atomic E-state index is -0.261. The predicted molar refractivity (Wildman–Crippen MR) is 85.8 cm³/mol. The molecule has 1 saturated heterocycles. The second-order valence-corrected chi connectivity index (χ2v) is 6.09. The molecule has 0 spiro atoms. The normalized spacial score (nSPS) is 23.6. The summed E-state index contributed by atoms with van der Waals surface area (Å²) in [4.78, 5) is 14.5. The van der Waals surface area contributed by atoms with Gasteiger partial charge in [-0.15, -0.1) is 0 Å². The molecule has 1 aliphatic heterocycles. The van der Waals surface area contributed by atoms with Gasteiger partial charge >= 0.3 is 0 Å². The number of anilines is 1. The fraction of sp³-hybridized carbons (Fsp3) is 0.500. The summed E-state index contributed by atoms with van der Waals surface area (Å²) < 4.78 is 5.68. The maximum absolute atomic E-state index is 12.4. The predicted octanol–water partition coefficient (Wildman–Crippen LogP) is 2.65. The lowest BCUT2D eigenvalue weighted by Crippen LogP contribution is -2.52. The van der Waals surface area contributed by atoms with E-state index in [2.05, 4.69) is 10.2 Å². The van der Waals surface area contributed by atoms with E-state index in [0.29, 0.717) is 16.3 Å². The Bertz CT molecular complexity index is 590. The second kappa shape index (κ2) is 7.10. The van der Waals surface area contributed by atoms with Crippen LogP contribution in [0.25, 0.3) is 0 Å². The van der Waals surface area contributed by atoms with Gasteiger partial charge in [0.1, 0.15) is 6.07 Å². The SMILES string of the molecule is CC1CN(C(C)C(=O)Nc2ccc(C#N)c(Cl)c2)CC(C)O1. The molecular formula is C16H20ClN3O2. The third kappa shape index (κ3) is 3.98. The van der Waals surface area contributed by atoms with E-state index >= 15 is 0 Å². The highest BCUT2D eigenvalue weighted by Gasteiger charge is 2.29. The van der Waals surface area contributed by atoms with E-state index in [1.54, 1.807) is 18.2 Å². The summed E-state index contributed by atoms with van der Waals surface area (Å²) in [6.07, 6.45) is 0.228. The van der Waals surface area contributed by atoms with Crippen molar-refractivity contribution in [2.24, 2.45) is 0 Å². The maximum atomic E-state index is 12.4. The molecule has 1 amide bonds. The number of hydrogen-bond donors (Lipinski definition) is 1. The monoisotopic (exact) mass is 321 g/mol. The molecule has 1 aliphatic rings. The first-order valence-corrected chi connectivity index (χ1v) is 7.68. The molecular weight excluding hydrogens is 302 g/mol. The van der Waals surface area contributed by atoms with Gasteiger partial charge in [0.05, 0.1) is 28.8 Å². The smallest absolute Gasteiger partial charge is 0.241 e. The Morgan fingerprint density at radius 3 is 2.64 bits per heavy atom. The van der Waals surface area contributed by atoms with Crippen LogP contribution in [0.3, 0.4) is 0 Å². The van der Waals surface area contributed by atoms with Crippen molar-refractivity contribution in [1.29, 1.82) is 5.26 Å². The first kappa shape index (κ1) is 16.8. The van der Waals surface area contributed by atoms with Crippen LogP contribution in [0.2, 0.25) is 5.02 Å². The molecule has 118 valence electrons. The van der Waals surface area contributed by atoms with E-state index in [9.17, 15) is 4.79 Å². The minimum absolute atomic E-state index is 0.0953. The molecule has 0 radical (unpaired) electrons. The van der Waals surface area contributed by atoms with Crippen molar-refractivity contribution in [3.05, 3.63) is 28.8 Å². The number of hydrogen-bond acceptors (Lipinski definition) is 4. The molecule has 1 N–H and O–H groups in total. The maximum Gasteiger partial charge on any atom is 0.241 e. The number of halogens is 1. The second-order valence-electron chi connectivity index (χ2n) is 5.68. The summed E-state index contributed by atoms with van der Waals surface area (Å²) in [6, 6.07) is 6.60. The topological polar surface area (TPSA) is 65.4 Å². The van der Waals surface area contributed by atoms with Gasteiger partial charge in [-0.2, -0.15) is 5.26 Å². The fourth-order valence-electron chi connectivity index (χ4n) is 2.63. The molecule has 0 aromatic heterocycles. The Morgan fingerprint density at radius 1 is 1.45 bits per heavy atom. The lowest BCUT2D eigenvalue weighted by atomic mass is 10.1. The van der Waals surface area contributed by atoms with Gasteiger partial charge in [0.25, 0.3) is 0 Å². The fourth-order valence-corrected chi connectivity index (χ4v) is 2.85. The summed E-state index contributed by atoms with van der Waals surface area (Å²) in [6.45, 7) is 7.35. The number of carbonyl (C=O) groups excluding carboxylic acids is 1. The molecule has 3 unspecified atom stereocenters. The van der Waals surface area contributed by atoms with Gasteiger partial charge < -0.3 is 10.1 Å². The van der Waals surface area contributed by atoms with E-state index in [1.165, 1.54) is 0 Å². The molecule has 0 saturated carbocycles. The highest BCUT2D eigenvalue weighted by molar-refractivity contribution is 6.32. The average molecular weight is 322 g/mol. The van der Waals surface area contributed by atoms with Crippen molar-refractivity contribution in [1.82, 2.24) is 4.90 Å². The van der Waals surface area contributed by atoms with Crippen LogP contribution in [0.15, 0.2) is 18.2 Å². The number of nitrogens with zero attached hydrogens (tertiary/aromatic N) is 2. The number of rotatable bonds is 3. The standard InChI is InChI=1S/C16H20ClN3O2/c1-10-8-20(9-11(2)22-10)12(3)16(21)19-14-5-4-13(7-18)15(17)6-14/h4-6,10-12H,8-9H2,1-3H3,(H,19,21). The van der Waals surface area contributed by atoms with Crippen LogP contribution in [0.1, 0.15) is 26.3 Å². The molecule has 1 aromatic rings. The van der Waals surface area contributed by atoms with Gasteiger partial charge in [0, 0.05) is 18.8 Å². The molecule has 0 bridgehead atoms. The Kier molecular flexibility index (Phi) is 5.41. The summed E-state index contributed by atoms with van der Waals surface area (Å²) >= 11 is 5.98. The van der Waals surface area contributed by atoms with Crippen LogP contribution in [0.5, 0.6) is 0 Å². The average Bonchev–Trinajstić information content (AvgIpc) is 2.45. The van der Waals surface area contributed by atoms with Crippen LogP contribution in [0.4, 0.5) is 5.69 Å². The van der Waals surface area contributed by atoms with Gasteiger partial charge in [-0.25, -0.2) is 0 Å². The number of carbonyl (C=O) groups is 1.